The van der Waals surface area contributed by atoms with Gasteiger partial charge in [0.05, 0.1) is 3.57 Å². The van der Waals surface area contributed by atoms with Crippen LogP contribution in [0.3, 0.4) is 0 Å². The van der Waals surface area contributed by atoms with Gasteiger partial charge in [0.15, 0.2) is 0 Å². The summed E-state index contributed by atoms with van der Waals surface area (Å²) in [7, 11) is 0. The van der Waals surface area contributed by atoms with Crippen molar-refractivity contribution in [1.29, 1.82) is 0 Å². The molecule has 3 nitrogen and oxygen atoms in total. The van der Waals surface area contributed by atoms with Crippen LogP contribution in [-0.4, -0.2) is 16.5 Å². The smallest absolute Gasteiger partial charge is 0.143 e. The lowest BCUT2D eigenvalue weighted by molar-refractivity contribution is 0.516. The van der Waals surface area contributed by atoms with Gasteiger partial charge < -0.3 is 5.32 Å². The van der Waals surface area contributed by atoms with Crippen molar-refractivity contribution in [2.75, 3.05) is 11.9 Å². The second kappa shape index (κ2) is 5.98. The van der Waals surface area contributed by atoms with Crippen LogP contribution in [0.15, 0.2) is 6.20 Å². The van der Waals surface area contributed by atoms with Gasteiger partial charge in [-0.1, -0.05) is 13.3 Å². The molecule has 4 heteroatoms. The van der Waals surface area contributed by atoms with E-state index >= 15 is 0 Å². The maximum atomic E-state index is 4.68. The molecule has 1 aromatic rings. The summed E-state index contributed by atoms with van der Waals surface area (Å²) in [5.74, 6) is 3.50. The highest BCUT2D eigenvalue weighted by Crippen LogP contribution is 2.38. The molecule has 1 fully saturated rings. The summed E-state index contributed by atoms with van der Waals surface area (Å²) < 4.78 is 1.11. The van der Waals surface area contributed by atoms with E-state index in [9.17, 15) is 0 Å². The monoisotopic (exact) mass is 345 g/mol. The summed E-state index contributed by atoms with van der Waals surface area (Å²) in [5, 5.41) is 3.31. The molecule has 1 heterocycles. The summed E-state index contributed by atoms with van der Waals surface area (Å²) in [6.45, 7) is 5.29. The number of hydrogen-bond acceptors (Lipinski definition) is 3. The van der Waals surface area contributed by atoms with Gasteiger partial charge in [0.1, 0.15) is 11.6 Å². The molecule has 0 amide bonds. The van der Waals surface area contributed by atoms with Crippen molar-refractivity contribution >= 4 is 28.4 Å². The summed E-state index contributed by atoms with van der Waals surface area (Å²) in [5.41, 5.74) is 0. The van der Waals surface area contributed by atoms with Crippen molar-refractivity contribution in [1.82, 2.24) is 9.97 Å². The molecule has 1 N–H and O–H groups in total. The number of anilines is 1. The Balaban J connectivity index is 2.13. The molecule has 0 radical (unpaired) electrons. The predicted molar refractivity (Wildman–Crippen MR) is 79.3 cm³/mol. The van der Waals surface area contributed by atoms with E-state index in [0.717, 1.165) is 27.7 Å². The highest BCUT2D eigenvalue weighted by atomic mass is 127. The van der Waals surface area contributed by atoms with Gasteiger partial charge in [-0.05, 0) is 54.7 Å². The fraction of sp³-hybridized carbons (Fsp3) is 0.692. The number of halogens is 1. The minimum Gasteiger partial charge on any atom is -0.369 e. The molecule has 0 spiro atoms. The second-order valence-corrected chi connectivity index (χ2v) is 5.90. The zero-order valence-electron chi connectivity index (χ0n) is 10.5. The normalized spacial score (nSPS) is 23.9. The van der Waals surface area contributed by atoms with Crippen LogP contribution in [0.5, 0.6) is 0 Å². The third-order valence-electron chi connectivity index (χ3n) is 3.59. The maximum absolute atomic E-state index is 4.68. The average molecular weight is 345 g/mol. The number of rotatable bonds is 4. The van der Waals surface area contributed by atoms with Crippen molar-refractivity contribution in [3.05, 3.63) is 15.6 Å². The molecular formula is C13H20IN3. The van der Waals surface area contributed by atoms with Crippen LogP contribution in [0.4, 0.5) is 5.82 Å². The minimum absolute atomic E-state index is 0.578. The molecule has 17 heavy (non-hydrogen) atoms. The van der Waals surface area contributed by atoms with Crippen molar-refractivity contribution in [2.24, 2.45) is 5.92 Å². The number of nitrogens with one attached hydrogen (secondary N) is 1. The molecule has 94 valence electrons. The Morgan fingerprint density at radius 1 is 1.41 bits per heavy atom. The molecule has 1 aliphatic carbocycles. The molecule has 0 saturated heterocycles. The first-order valence-corrected chi connectivity index (χ1v) is 7.58. The first-order valence-electron chi connectivity index (χ1n) is 6.50. The third-order valence-corrected chi connectivity index (χ3v) is 4.38. The van der Waals surface area contributed by atoms with Crippen molar-refractivity contribution in [3.8, 4) is 0 Å². The highest BCUT2D eigenvalue weighted by Gasteiger charge is 2.26. The molecule has 1 aliphatic rings. The van der Waals surface area contributed by atoms with Gasteiger partial charge in [-0.2, -0.15) is 0 Å². The molecule has 2 unspecified atom stereocenters. The van der Waals surface area contributed by atoms with Crippen molar-refractivity contribution in [2.45, 2.75) is 45.4 Å². The van der Waals surface area contributed by atoms with E-state index in [2.05, 4.69) is 51.7 Å². The lowest BCUT2D eigenvalue weighted by atomic mass is 10.0. The molecule has 1 saturated carbocycles. The molecule has 2 atom stereocenters. The fourth-order valence-electron chi connectivity index (χ4n) is 2.55. The number of aromatic nitrogens is 2. The first kappa shape index (κ1) is 13.1. The Labute approximate surface area is 117 Å². The van der Waals surface area contributed by atoms with E-state index < -0.39 is 0 Å². The van der Waals surface area contributed by atoms with Gasteiger partial charge in [-0.15, -0.1) is 0 Å². The van der Waals surface area contributed by atoms with Gasteiger partial charge in [0.2, 0.25) is 0 Å². The second-order valence-electron chi connectivity index (χ2n) is 4.74. The predicted octanol–water partition coefficient (Wildman–Crippen LogP) is 3.81. The Morgan fingerprint density at radius 2 is 2.24 bits per heavy atom. The van der Waals surface area contributed by atoms with Gasteiger partial charge in [0, 0.05) is 18.7 Å². The van der Waals surface area contributed by atoms with E-state index in [4.69, 9.17) is 0 Å². The van der Waals surface area contributed by atoms with Gasteiger partial charge in [-0.25, -0.2) is 9.97 Å². The lowest BCUT2D eigenvalue weighted by Gasteiger charge is -2.11. The summed E-state index contributed by atoms with van der Waals surface area (Å²) in [6, 6.07) is 0. The summed E-state index contributed by atoms with van der Waals surface area (Å²) in [4.78, 5) is 9.20. The first-order chi connectivity index (χ1) is 8.24. The van der Waals surface area contributed by atoms with E-state index in [1.165, 1.54) is 25.7 Å². The van der Waals surface area contributed by atoms with E-state index in [1.54, 1.807) is 0 Å². The Bertz CT molecular complexity index is 381. The average Bonchev–Trinajstić information content (AvgIpc) is 2.81. The summed E-state index contributed by atoms with van der Waals surface area (Å²) >= 11 is 2.29. The van der Waals surface area contributed by atoms with Crippen LogP contribution < -0.4 is 5.32 Å². The minimum atomic E-state index is 0.578. The molecule has 2 rings (SSSR count). The van der Waals surface area contributed by atoms with Crippen LogP contribution in [-0.2, 0) is 0 Å². The van der Waals surface area contributed by atoms with E-state index in [-0.39, 0.29) is 0 Å². The Hall–Kier alpha value is -0.390. The lowest BCUT2D eigenvalue weighted by Crippen LogP contribution is -2.08. The zero-order valence-corrected chi connectivity index (χ0v) is 12.7. The van der Waals surface area contributed by atoms with Gasteiger partial charge in [0.25, 0.3) is 0 Å². The SMILES string of the molecule is CCNc1nc(C2CCC(CC)C2)ncc1I. The highest BCUT2D eigenvalue weighted by molar-refractivity contribution is 14.1. The maximum Gasteiger partial charge on any atom is 0.143 e. The van der Waals surface area contributed by atoms with Crippen LogP contribution >= 0.6 is 22.6 Å². The molecule has 1 aromatic heterocycles. The standard InChI is InChI=1S/C13H20IN3/c1-3-9-5-6-10(7-9)12-16-8-11(14)13(17-12)15-4-2/h8-10H,3-7H2,1-2H3,(H,15,16,17). The topological polar surface area (TPSA) is 37.8 Å². The van der Waals surface area contributed by atoms with E-state index in [1.807, 2.05) is 6.20 Å². The van der Waals surface area contributed by atoms with Crippen LogP contribution in [0.25, 0.3) is 0 Å². The van der Waals surface area contributed by atoms with Gasteiger partial charge in [-0.3, -0.25) is 0 Å². The van der Waals surface area contributed by atoms with Crippen LogP contribution in [0, 0.1) is 9.49 Å². The molecule has 0 aromatic carbocycles. The molecule has 0 bridgehead atoms. The third kappa shape index (κ3) is 3.09. The Kier molecular flexibility index (Phi) is 4.59. The molecule has 0 aliphatic heterocycles. The van der Waals surface area contributed by atoms with Gasteiger partial charge >= 0.3 is 0 Å². The van der Waals surface area contributed by atoms with E-state index in [0.29, 0.717) is 5.92 Å². The van der Waals surface area contributed by atoms with Crippen molar-refractivity contribution in [3.63, 3.8) is 0 Å². The largest absolute Gasteiger partial charge is 0.369 e. The number of hydrogen-bond donors (Lipinski definition) is 1. The quantitative estimate of drug-likeness (QED) is 0.844. The number of nitrogens with zero attached hydrogens (tertiary/aromatic N) is 2. The molecular weight excluding hydrogens is 325 g/mol. The van der Waals surface area contributed by atoms with Crippen LogP contribution in [0.1, 0.15) is 51.3 Å². The zero-order chi connectivity index (χ0) is 12.3. The van der Waals surface area contributed by atoms with Crippen LogP contribution in [0.2, 0.25) is 0 Å². The summed E-state index contributed by atoms with van der Waals surface area (Å²) in [6.07, 6.45) is 7.10. The fourth-order valence-corrected chi connectivity index (χ4v) is 3.00. The Morgan fingerprint density at radius 3 is 2.88 bits per heavy atom. The van der Waals surface area contributed by atoms with Crippen molar-refractivity contribution < 1.29 is 0 Å².